The highest BCUT2D eigenvalue weighted by Gasteiger charge is 2.49. The molecule has 29 heavy (non-hydrogen) atoms. The van der Waals surface area contributed by atoms with E-state index in [1.807, 2.05) is 66.7 Å². The normalized spacial score (nSPS) is 22.0. The molecule has 0 unspecified atom stereocenters. The van der Waals surface area contributed by atoms with E-state index in [0.717, 1.165) is 15.4 Å². The van der Waals surface area contributed by atoms with Crippen LogP contribution in [0.3, 0.4) is 0 Å². The predicted octanol–water partition coefficient (Wildman–Crippen LogP) is 4.21. The van der Waals surface area contributed by atoms with E-state index in [1.54, 1.807) is 24.3 Å². The summed E-state index contributed by atoms with van der Waals surface area (Å²) in [5.41, 5.74) is 3.09. The molecule has 3 aromatic rings. The number of allylic oxidation sites excluding steroid dienone is 1. The zero-order chi connectivity index (χ0) is 20.0. The molecule has 5 heteroatoms. The van der Waals surface area contributed by atoms with Crippen LogP contribution in [0.5, 0.6) is 0 Å². The van der Waals surface area contributed by atoms with Gasteiger partial charge in [-0.1, -0.05) is 84.9 Å². The molecule has 0 fully saturated rings. The molecule has 1 amide bonds. The van der Waals surface area contributed by atoms with E-state index >= 15 is 0 Å². The van der Waals surface area contributed by atoms with Gasteiger partial charge in [-0.25, -0.2) is 12.7 Å². The van der Waals surface area contributed by atoms with Gasteiger partial charge in [-0.3, -0.25) is 4.79 Å². The molecule has 5 rings (SSSR count). The molecule has 2 atom stereocenters. The second-order valence-electron chi connectivity index (χ2n) is 7.39. The second kappa shape index (κ2) is 6.71. The highest BCUT2D eigenvalue weighted by Crippen LogP contribution is 2.47. The van der Waals surface area contributed by atoms with Gasteiger partial charge in [0.15, 0.2) is 0 Å². The van der Waals surface area contributed by atoms with E-state index < -0.39 is 15.9 Å². The summed E-state index contributed by atoms with van der Waals surface area (Å²) in [6.07, 6.45) is 2.43. The van der Waals surface area contributed by atoms with Crippen molar-refractivity contribution in [3.63, 3.8) is 0 Å². The van der Waals surface area contributed by atoms with Crippen LogP contribution in [-0.2, 0) is 21.2 Å². The number of amides is 1. The van der Waals surface area contributed by atoms with Crippen LogP contribution in [0.4, 0.5) is 0 Å². The molecule has 0 aromatic heterocycles. The number of benzene rings is 3. The summed E-state index contributed by atoms with van der Waals surface area (Å²) in [5.74, 6) is -1.06. The van der Waals surface area contributed by atoms with Crippen LogP contribution >= 0.6 is 0 Å². The Labute approximate surface area is 170 Å². The standard InChI is InChI=1S/C24H19NO3S/c26-24-21(15-17-9-3-1-4-10-17)20(18-11-5-2-6-12-18)16-22-19-13-7-8-14-23(19)29(27,28)25(22)24/h1-14,16,20-21H,15H2/t20-,21+/m1/s1. The SMILES string of the molecule is O=C1[C@@H](Cc2ccccc2)[C@@H](c2ccccc2)C=C2c3ccccc3S(=O)(=O)N12. The Kier molecular flexibility index (Phi) is 4.14. The first-order chi connectivity index (χ1) is 14.1. The molecule has 0 N–H and O–H groups in total. The molecule has 3 aromatic carbocycles. The quantitative estimate of drug-likeness (QED) is 0.660. The summed E-state index contributed by atoms with van der Waals surface area (Å²) in [6.45, 7) is 0. The first-order valence-electron chi connectivity index (χ1n) is 9.56. The first kappa shape index (κ1) is 17.9. The van der Waals surface area contributed by atoms with Crippen molar-refractivity contribution >= 4 is 21.6 Å². The molecule has 0 aliphatic carbocycles. The van der Waals surface area contributed by atoms with Crippen LogP contribution in [0, 0.1) is 5.92 Å². The van der Waals surface area contributed by atoms with Crippen molar-refractivity contribution in [3.8, 4) is 0 Å². The van der Waals surface area contributed by atoms with Crippen LogP contribution in [-0.4, -0.2) is 18.6 Å². The van der Waals surface area contributed by atoms with Gasteiger partial charge in [0.05, 0.1) is 16.5 Å². The van der Waals surface area contributed by atoms with Crippen LogP contribution in [0.25, 0.3) is 5.70 Å². The molecule has 0 spiro atoms. The maximum absolute atomic E-state index is 13.6. The predicted molar refractivity (Wildman–Crippen MR) is 111 cm³/mol. The van der Waals surface area contributed by atoms with Gasteiger partial charge in [0.1, 0.15) is 0 Å². The molecule has 0 radical (unpaired) electrons. The minimum absolute atomic E-state index is 0.198. The van der Waals surface area contributed by atoms with Crippen LogP contribution in [0.15, 0.2) is 95.9 Å². The lowest BCUT2D eigenvalue weighted by atomic mass is 9.78. The number of carbonyl (C=O) groups is 1. The van der Waals surface area contributed by atoms with Gasteiger partial charge in [0, 0.05) is 11.5 Å². The summed E-state index contributed by atoms with van der Waals surface area (Å²) in [6, 6.07) is 26.4. The lowest BCUT2D eigenvalue weighted by Crippen LogP contribution is -2.42. The first-order valence-corrected chi connectivity index (χ1v) is 11.0. The Balaban J connectivity index is 1.69. The Morgan fingerprint density at radius 2 is 1.41 bits per heavy atom. The van der Waals surface area contributed by atoms with Crippen molar-refractivity contribution in [2.45, 2.75) is 17.2 Å². The highest BCUT2D eigenvalue weighted by molar-refractivity contribution is 7.90. The molecular weight excluding hydrogens is 382 g/mol. The molecule has 2 aliphatic rings. The fourth-order valence-corrected chi connectivity index (χ4v) is 6.00. The summed E-state index contributed by atoms with van der Waals surface area (Å²) in [7, 11) is -3.87. The van der Waals surface area contributed by atoms with E-state index in [2.05, 4.69) is 0 Å². The summed E-state index contributed by atoms with van der Waals surface area (Å²) in [4.78, 5) is 13.8. The van der Waals surface area contributed by atoms with E-state index in [-0.39, 0.29) is 16.7 Å². The summed E-state index contributed by atoms with van der Waals surface area (Å²) < 4.78 is 27.3. The molecule has 2 aliphatic heterocycles. The van der Waals surface area contributed by atoms with Crippen molar-refractivity contribution in [1.82, 2.24) is 4.31 Å². The highest BCUT2D eigenvalue weighted by atomic mass is 32.2. The number of nitrogens with zero attached hydrogens (tertiary/aromatic N) is 1. The van der Waals surface area contributed by atoms with Crippen LogP contribution in [0.2, 0.25) is 0 Å². The van der Waals surface area contributed by atoms with Crippen LogP contribution < -0.4 is 0 Å². The zero-order valence-electron chi connectivity index (χ0n) is 15.6. The van der Waals surface area contributed by atoms with Crippen molar-refractivity contribution in [1.29, 1.82) is 0 Å². The summed E-state index contributed by atoms with van der Waals surface area (Å²) in [5, 5.41) is 0. The van der Waals surface area contributed by atoms with Crippen molar-refractivity contribution in [2.24, 2.45) is 5.92 Å². The van der Waals surface area contributed by atoms with Gasteiger partial charge in [0.2, 0.25) is 5.91 Å². The topological polar surface area (TPSA) is 54.5 Å². The Bertz CT molecular complexity index is 1220. The van der Waals surface area contributed by atoms with Crippen LogP contribution in [0.1, 0.15) is 22.6 Å². The van der Waals surface area contributed by atoms with Gasteiger partial charge in [0.25, 0.3) is 10.0 Å². The monoisotopic (exact) mass is 401 g/mol. The lowest BCUT2D eigenvalue weighted by Gasteiger charge is -2.33. The number of sulfonamides is 1. The summed E-state index contributed by atoms with van der Waals surface area (Å²) >= 11 is 0. The number of hydrogen-bond donors (Lipinski definition) is 0. The Morgan fingerprint density at radius 1 is 0.793 bits per heavy atom. The van der Waals surface area contributed by atoms with Gasteiger partial charge in [-0.2, -0.15) is 0 Å². The van der Waals surface area contributed by atoms with Gasteiger partial charge in [-0.15, -0.1) is 0 Å². The lowest BCUT2D eigenvalue weighted by molar-refractivity contribution is -0.129. The number of rotatable bonds is 3. The molecule has 144 valence electrons. The molecular formula is C24H19NO3S. The van der Waals surface area contributed by atoms with Crippen molar-refractivity contribution < 1.29 is 13.2 Å². The zero-order valence-corrected chi connectivity index (χ0v) is 16.4. The average molecular weight is 401 g/mol. The van der Waals surface area contributed by atoms with Gasteiger partial charge < -0.3 is 0 Å². The van der Waals surface area contributed by atoms with E-state index in [1.165, 1.54) is 0 Å². The van der Waals surface area contributed by atoms with E-state index in [0.29, 0.717) is 17.7 Å². The molecule has 0 saturated heterocycles. The number of carbonyl (C=O) groups excluding carboxylic acids is 1. The third-order valence-corrected chi connectivity index (χ3v) is 7.44. The Morgan fingerprint density at radius 3 is 2.14 bits per heavy atom. The third kappa shape index (κ3) is 2.81. The maximum atomic E-state index is 13.6. The van der Waals surface area contributed by atoms with E-state index in [9.17, 15) is 13.2 Å². The smallest absolute Gasteiger partial charge is 0.271 e. The maximum Gasteiger partial charge on any atom is 0.271 e. The van der Waals surface area contributed by atoms with Gasteiger partial charge in [-0.05, 0) is 23.6 Å². The Hall–Kier alpha value is -3.18. The molecule has 2 heterocycles. The minimum atomic E-state index is -3.87. The average Bonchev–Trinajstić information content (AvgIpc) is 2.99. The molecule has 0 bridgehead atoms. The second-order valence-corrected chi connectivity index (χ2v) is 9.14. The van der Waals surface area contributed by atoms with E-state index in [4.69, 9.17) is 0 Å². The minimum Gasteiger partial charge on any atom is -0.273 e. The number of hydrogen-bond acceptors (Lipinski definition) is 3. The fraction of sp³-hybridized carbons (Fsp3) is 0.125. The van der Waals surface area contributed by atoms with Crippen molar-refractivity contribution in [3.05, 3.63) is 108 Å². The molecule has 4 nitrogen and oxygen atoms in total. The molecule has 0 saturated carbocycles. The van der Waals surface area contributed by atoms with Gasteiger partial charge >= 0.3 is 0 Å². The van der Waals surface area contributed by atoms with Crippen molar-refractivity contribution in [2.75, 3.05) is 0 Å². The fourth-order valence-electron chi connectivity index (χ4n) is 4.31. The largest absolute Gasteiger partial charge is 0.273 e. The number of fused-ring (bicyclic) bond motifs is 3. The third-order valence-electron chi connectivity index (χ3n) is 5.67.